The Morgan fingerprint density at radius 3 is 2.47 bits per heavy atom. The van der Waals surface area contributed by atoms with Crippen molar-refractivity contribution in [2.24, 2.45) is 0 Å². The van der Waals surface area contributed by atoms with Gasteiger partial charge in [0.15, 0.2) is 0 Å². The molecule has 0 unspecified atom stereocenters. The summed E-state index contributed by atoms with van der Waals surface area (Å²) in [4.78, 5) is 11.4. The maximum absolute atomic E-state index is 11.4. The maximum atomic E-state index is 11.4. The lowest BCUT2D eigenvalue weighted by atomic mass is 10.2. The van der Waals surface area contributed by atoms with Crippen molar-refractivity contribution in [2.75, 3.05) is 7.11 Å². The van der Waals surface area contributed by atoms with Crippen LogP contribution in [0.2, 0.25) is 0 Å². The highest BCUT2D eigenvalue weighted by Crippen LogP contribution is 2.10. The molecule has 4 nitrogen and oxygen atoms in total. The number of urea groups is 1. The third kappa shape index (κ3) is 5.06. The number of amides is 2. The zero-order chi connectivity index (χ0) is 12.7. The molecular formula is C13H18N2O2. The Labute approximate surface area is 102 Å². The molecule has 1 aromatic rings. The molecular weight excluding hydrogens is 216 g/mol. The molecule has 0 spiro atoms. The number of nitrogens with one attached hydrogen (secondary N) is 2. The number of rotatable bonds is 4. The number of carbonyl (C=O) groups is 1. The molecule has 2 N–H and O–H groups in total. The van der Waals surface area contributed by atoms with Crippen molar-refractivity contribution in [3.05, 3.63) is 41.6 Å². The van der Waals surface area contributed by atoms with Gasteiger partial charge in [0.05, 0.1) is 7.11 Å². The fraction of sp³-hybridized carbons (Fsp3) is 0.308. The number of carbonyl (C=O) groups excluding carboxylic acids is 1. The van der Waals surface area contributed by atoms with Gasteiger partial charge in [0.2, 0.25) is 0 Å². The van der Waals surface area contributed by atoms with Crippen molar-refractivity contribution in [1.82, 2.24) is 10.6 Å². The summed E-state index contributed by atoms with van der Waals surface area (Å²) in [5.74, 6) is 0.808. The second-order valence-electron chi connectivity index (χ2n) is 3.90. The minimum Gasteiger partial charge on any atom is -0.497 e. The fourth-order valence-corrected chi connectivity index (χ4v) is 1.19. The molecule has 0 heterocycles. The van der Waals surface area contributed by atoms with E-state index in [1.807, 2.05) is 38.1 Å². The van der Waals surface area contributed by atoms with Crippen molar-refractivity contribution in [3.8, 4) is 5.75 Å². The summed E-state index contributed by atoms with van der Waals surface area (Å²) in [5, 5.41) is 5.39. The molecule has 92 valence electrons. The largest absolute Gasteiger partial charge is 0.497 e. The monoisotopic (exact) mass is 234 g/mol. The van der Waals surface area contributed by atoms with Crippen LogP contribution in [0.4, 0.5) is 4.79 Å². The molecule has 0 aliphatic rings. The van der Waals surface area contributed by atoms with Crippen molar-refractivity contribution < 1.29 is 9.53 Å². The highest BCUT2D eigenvalue weighted by molar-refractivity contribution is 5.74. The Hall–Kier alpha value is -1.97. The van der Waals surface area contributed by atoms with Gasteiger partial charge in [-0.1, -0.05) is 17.7 Å². The van der Waals surface area contributed by atoms with Gasteiger partial charge in [-0.25, -0.2) is 4.79 Å². The summed E-state index contributed by atoms with van der Waals surface area (Å²) >= 11 is 0. The quantitative estimate of drug-likeness (QED) is 0.840. The van der Waals surface area contributed by atoms with Crippen LogP contribution in [-0.4, -0.2) is 13.1 Å². The van der Waals surface area contributed by atoms with Gasteiger partial charge in [-0.3, -0.25) is 0 Å². The van der Waals surface area contributed by atoms with Crippen molar-refractivity contribution >= 4 is 6.03 Å². The van der Waals surface area contributed by atoms with Crippen LogP contribution in [0, 0.1) is 0 Å². The van der Waals surface area contributed by atoms with E-state index in [1.54, 1.807) is 13.3 Å². The number of hydrogen-bond acceptors (Lipinski definition) is 2. The summed E-state index contributed by atoms with van der Waals surface area (Å²) in [6, 6.07) is 7.36. The van der Waals surface area contributed by atoms with E-state index in [2.05, 4.69) is 10.6 Å². The molecule has 2 amide bonds. The molecule has 0 radical (unpaired) electrons. The molecule has 1 aromatic carbocycles. The molecule has 0 aliphatic carbocycles. The van der Waals surface area contributed by atoms with Crippen LogP contribution >= 0.6 is 0 Å². The van der Waals surface area contributed by atoms with Crippen LogP contribution in [-0.2, 0) is 6.54 Å². The van der Waals surface area contributed by atoms with Gasteiger partial charge in [-0.15, -0.1) is 0 Å². The van der Waals surface area contributed by atoms with Gasteiger partial charge in [0.25, 0.3) is 0 Å². The van der Waals surface area contributed by atoms with E-state index in [1.165, 1.54) is 0 Å². The predicted molar refractivity (Wildman–Crippen MR) is 67.8 cm³/mol. The van der Waals surface area contributed by atoms with Gasteiger partial charge in [-0.2, -0.15) is 0 Å². The van der Waals surface area contributed by atoms with E-state index in [0.717, 1.165) is 16.9 Å². The Kier molecular flexibility index (Phi) is 5.07. The lowest BCUT2D eigenvalue weighted by molar-refractivity contribution is 0.243. The summed E-state index contributed by atoms with van der Waals surface area (Å²) in [6.07, 6.45) is 1.67. The van der Waals surface area contributed by atoms with Crippen molar-refractivity contribution in [3.63, 3.8) is 0 Å². The number of methoxy groups -OCH3 is 1. The SMILES string of the molecule is COc1ccc(CNC(=O)NC=C(C)C)cc1. The predicted octanol–water partition coefficient (Wildman–Crippen LogP) is 2.42. The molecule has 0 saturated carbocycles. The van der Waals surface area contributed by atoms with Crippen LogP contribution in [0.25, 0.3) is 0 Å². The highest BCUT2D eigenvalue weighted by atomic mass is 16.5. The Morgan fingerprint density at radius 2 is 1.94 bits per heavy atom. The van der Waals surface area contributed by atoms with E-state index in [0.29, 0.717) is 6.54 Å². The first kappa shape index (κ1) is 13.1. The molecule has 0 fully saturated rings. The van der Waals surface area contributed by atoms with E-state index in [4.69, 9.17) is 4.74 Å². The third-order valence-electron chi connectivity index (χ3n) is 2.10. The first-order valence-corrected chi connectivity index (χ1v) is 5.42. The highest BCUT2D eigenvalue weighted by Gasteiger charge is 1.98. The standard InChI is InChI=1S/C13H18N2O2/c1-10(2)8-14-13(16)15-9-11-4-6-12(17-3)7-5-11/h4-8H,9H2,1-3H3,(H2,14,15,16). The molecule has 0 atom stereocenters. The van der Waals surface area contributed by atoms with Crippen LogP contribution in [0.1, 0.15) is 19.4 Å². The molecule has 4 heteroatoms. The molecule has 0 aromatic heterocycles. The molecule has 0 saturated heterocycles. The van der Waals surface area contributed by atoms with Gasteiger partial charge in [0.1, 0.15) is 5.75 Å². The molecule has 0 bridgehead atoms. The average Bonchev–Trinajstić information content (AvgIpc) is 2.34. The topological polar surface area (TPSA) is 50.4 Å². The molecule has 1 rings (SSSR count). The molecule has 17 heavy (non-hydrogen) atoms. The van der Waals surface area contributed by atoms with Crippen LogP contribution in [0.3, 0.4) is 0 Å². The number of hydrogen-bond donors (Lipinski definition) is 2. The second kappa shape index (κ2) is 6.58. The second-order valence-corrected chi connectivity index (χ2v) is 3.90. The summed E-state index contributed by atoms with van der Waals surface area (Å²) in [5.41, 5.74) is 2.07. The van der Waals surface area contributed by atoms with Gasteiger partial charge in [0, 0.05) is 12.7 Å². The smallest absolute Gasteiger partial charge is 0.319 e. The molecule has 0 aliphatic heterocycles. The summed E-state index contributed by atoms with van der Waals surface area (Å²) in [6.45, 7) is 4.33. The van der Waals surface area contributed by atoms with Crippen LogP contribution in [0.5, 0.6) is 5.75 Å². The first-order chi connectivity index (χ1) is 8.11. The average molecular weight is 234 g/mol. The van der Waals surface area contributed by atoms with E-state index >= 15 is 0 Å². The van der Waals surface area contributed by atoms with Gasteiger partial charge < -0.3 is 15.4 Å². The Morgan fingerprint density at radius 1 is 1.29 bits per heavy atom. The van der Waals surface area contributed by atoms with Crippen molar-refractivity contribution in [2.45, 2.75) is 20.4 Å². The number of ether oxygens (including phenoxy) is 1. The van der Waals surface area contributed by atoms with E-state index in [9.17, 15) is 4.79 Å². The zero-order valence-electron chi connectivity index (χ0n) is 10.4. The Balaban J connectivity index is 2.39. The minimum atomic E-state index is -0.206. The van der Waals surface area contributed by atoms with Crippen LogP contribution < -0.4 is 15.4 Å². The minimum absolute atomic E-state index is 0.206. The lowest BCUT2D eigenvalue weighted by Crippen LogP contribution is -2.31. The Bertz CT molecular complexity index is 392. The first-order valence-electron chi connectivity index (χ1n) is 5.42. The van der Waals surface area contributed by atoms with E-state index in [-0.39, 0.29) is 6.03 Å². The fourth-order valence-electron chi connectivity index (χ4n) is 1.19. The van der Waals surface area contributed by atoms with Gasteiger partial charge in [-0.05, 0) is 31.5 Å². The summed E-state index contributed by atoms with van der Waals surface area (Å²) < 4.78 is 5.05. The number of allylic oxidation sites excluding steroid dienone is 1. The van der Waals surface area contributed by atoms with Gasteiger partial charge >= 0.3 is 6.03 Å². The maximum Gasteiger partial charge on any atom is 0.319 e. The lowest BCUT2D eigenvalue weighted by Gasteiger charge is -2.06. The summed E-state index contributed by atoms with van der Waals surface area (Å²) in [7, 11) is 1.63. The zero-order valence-corrected chi connectivity index (χ0v) is 10.4. The van der Waals surface area contributed by atoms with E-state index < -0.39 is 0 Å². The van der Waals surface area contributed by atoms with Crippen molar-refractivity contribution in [1.29, 1.82) is 0 Å². The van der Waals surface area contributed by atoms with Crippen LogP contribution in [0.15, 0.2) is 36.0 Å². The number of benzene rings is 1. The normalized spacial score (nSPS) is 9.35. The third-order valence-corrected chi connectivity index (χ3v) is 2.10.